The van der Waals surface area contributed by atoms with Gasteiger partial charge in [0.2, 0.25) is 5.91 Å². The summed E-state index contributed by atoms with van der Waals surface area (Å²) in [6.45, 7) is 3.11. The van der Waals surface area contributed by atoms with Crippen LogP contribution in [0, 0.1) is 0 Å². The van der Waals surface area contributed by atoms with Crippen LogP contribution >= 0.6 is 0 Å². The Morgan fingerprint density at radius 2 is 2.29 bits per heavy atom. The van der Waals surface area contributed by atoms with E-state index in [2.05, 4.69) is 5.10 Å². The molecular formula is C12H20N4O. The van der Waals surface area contributed by atoms with E-state index in [0.717, 1.165) is 19.4 Å². The molecule has 2 N–H and O–H groups in total. The highest BCUT2D eigenvalue weighted by Crippen LogP contribution is 2.23. The average Bonchev–Trinajstić information content (AvgIpc) is 2.92. The fourth-order valence-electron chi connectivity index (χ4n) is 2.55. The van der Waals surface area contributed by atoms with E-state index in [-0.39, 0.29) is 5.91 Å². The molecule has 17 heavy (non-hydrogen) atoms. The Bertz CT molecular complexity index is 382. The van der Waals surface area contributed by atoms with Crippen molar-refractivity contribution >= 4 is 11.6 Å². The van der Waals surface area contributed by atoms with Gasteiger partial charge in [0.05, 0.1) is 11.9 Å². The molecule has 1 fully saturated rings. The van der Waals surface area contributed by atoms with E-state index in [1.807, 2.05) is 11.8 Å². The molecule has 0 saturated heterocycles. The number of aromatic nitrogens is 2. The zero-order valence-corrected chi connectivity index (χ0v) is 10.3. The number of nitrogens with two attached hydrogens (primary N) is 1. The summed E-state index contributed by atoms with van der Waals surface area (Å²) < 4.78 is 1.61. The van der Waals surface area contributed by atoms with Crippen molar-refractivity contribution in [2.45, 2.75) is 45.2 Å². The monoisotopic (exact) mass is 236 g/mol. The predicted molar refractivity (Wildman–Crippen MR) is 66.3 cm³/mol. The summed E-state index contributed by atoms with van der Waals surface area (Å²) in [5.41, 5.74) is 6.18. The molecule has 0 spiro atoms. The highest BCUT2D eigenvalue weighted by Gasteiger charge is 2.25. The fourth-order valence-corrected chi connectivity index (χ4v) is 2.55. The normalized spacial score (nSPS) is 16.3. The Balaban J connectivity index is 1.97. The van der Waals surface area contributed by atoms with E-state index in [1.54, 1.807) is 17.1 Å². The molecule has 0 aromatic carbocycles. The molecule has 5 nitrogen and oxygen atoms in total. The highest BCUT2D eigenvalue weighted by atomic mass is 16.2. The van der Waals surface area contributed by atoms with E-state index in [9.17, 15) is 4.79 Å². The summed E-state index contributed by atoms with van der Waals surface area (Å²) in [5, 5.41) is 4.04. The third-order valence-electron chi connectivity index (χ3n) is 3.38. The predicted octanol–water partition coefficient (Wildman–Crippen LogP) is 1.26. The zero-order valence-electron chi connectivity index (χ0n) is 10.3. The lowest BCUT2D eigenvalue weighted by Crippen LogP contribution is -2.40. The summed E-state index contributed by atoms with van der Waals surface area (Å²) in [6.07, 6.45) is 8.02. The van der Waals surface area contributed by atoms with E-state index in [4.69, 9.17) is 5.73 Å². The van der Waals surface area contributed by atoms with E-state index >= 15 is 0 Å². The summed E-state index contributed by atoms with van der Waals surface area (Å²) in [7, 11) is 0. The standard InChI is InChI=1S/C12H20N4O/c1-2-16(11-5-3-4-6-11)12(17)9-15-8-10(13)7-14-15/h7-8,11H,2-6,9,13H2,1H3. The number of rotatable bonds is 4. The maximum Gasteiger partial charge on any atom is 0.244 e. The van der Waals surface area contributed by atoms with Crippen LogP contribution in [0.5, 0.6) is 0 Å². The van der Waals surface area contributed by atoms with Crippen molar-refractivity contribution < 1.29 is 4.79 Å². The second-order valence-electron chi connectivity index (χ2n) is 4.59. The van der Waals surface area contributed by atoms with Crippen LogP contribution < -0.4 is 5.73 Å². The molecule has 94 valence electrons. The third kappa shape index (κ3) is 2.78. The van der Waals surface area contributed by atoms with E-state index in [0.29, 0.717) is 18.3 Å². The minimum absolute atomic E-state index is 0.141. The number of amides is 1. The van der Waals surface area contributed by atoms with Crippen molar-refractivity contribution in [2.75, 3.05) is 12.3 Å². The number of nitrogens with zero attached hydrogens (tertiary/aromatic N) is 3. The molecule has 1 heterocycles. The molecular weight excluding hydrogens is 216 g/mol. The molecule has 1 aromatic heterocycles. The number of carbonyl (C=O) groups is 1. The van der Waals surface area contributed by atoms with Gasteiger partial charge >= 0.3 is 0 Å². The summed E-state index contributed by atoms with van der Waals surface area (Å²) in [4.78, 5) is 14.1. The highest BCUT2D eigenvalue weighted by molar-refractivity contribution is 5.76. The lowest BCUT2D eigenvalue weighted by atomic mass is 10.2. The smallest absolute Gasteiger partial charge is 0.244 e. The first-order chi connectivity index (χ1) is 8.20. The van der Waals surface area contributed by atoms with Crippen LogP contribution in [-0.4, -0.2) is 33.2 Å². The van der Waals surface area contributed by atoms with E-state index < -0.39 is 0 Å². The lowest BCUT2D eigenvalue weighted by Gasteiger charge is -2.27. The maximum absolute atomic E-state index is 12.2. The Labute approximate surface area is 102 Å². The third-order valence-corrected chi connectivity index (χ3v) is 3.38. The lowest BCUT2D eigenvalue weighted by molar-refractivity contribution is -0.134. The van der Waals surface area contributed by atoms with Gasteiger partial charge in [-0.2, -0.15) is 5.10 Å². The maximum atomic E-state index is 12.2. The van der Waals surface area contributed by atoms with Crippen LogP contribution in [0.15, 0.2) is 12.4 Å². The van der Waals surface area contributed by atoms with Gasteiger partial charge in [-0.25, -0.2) is 0 Å². The van der Waals surface area contributed by atoms with Gasteiger partial charge in [0.25, 0.3) is 0 Å². The average molecular weight is 236 g/mol. The zero-order chi connectivity index (χ0) is 12.3. The molecule has 0 bridgehead atoms. The number of carbonyl (C=O) groups excluding carboxylic acids is 1. The number of hydrogen-bond donors (Lipinski definition) is 1. The molecule has 0 atom stereocenters. The van der Waals surface area contributed by atoms with E-state index in [1.165, 1.54) is 12.8 Å². The van der Waals surface area contributed by atoms with Crippen molar-refractivity contribution in [1.29, 1.82) is 0 Å². The number of anilines is 1. The van der Waals surface area contributed by atoms with Gasteiger partial charge in [0, 0.05) is 18.8 Å². The number of nitrogen functional groups attached to an aromatic ring is 1. The minimum Gasteiger partial charge on any atom is -0.396 e. The molecule has 0 unspecified atom stereocenters. The van der Waals surface area contributed by atoms with Crippen molar-refractivity contribution in [1.82, 2.24) is 14.7 Å². The second kappa shape index (κ2) is 5.21. The largest absolute Gasteiger partial charge is 0.396 e. The Hall–Kier alpha value is -1.52. The summed E-state index contributed by atoms with van der Waals surface area (Å²) in [6, 6.07) is 0.431. The first-order valence-electron chi connectivity index (χ1n) is 6.28. The molecule has 1 aliphatic rings. The molecule has 1 amide bonds. The molecule has 2 rings (SSSR count). The van der Waals surface area contributed by atoms with Crippen LogP contribution in [0.2, 0.25) is 0 Å². The van der Waals surface area contributed by atoms with Gasteiger partial charge in [-0.15, -0.1) is 0 Å². The van der Waals surface area contributed by atoms with Crippen LogP contribution in [-0.2, 0) is 11.3 Å². The van der Waals surface area contributed by atoms with Crippen molar-refractivity contribution in [2.24, 2.45) is 0 Å². The van der Waals surface area contributed by atoms with Crippen molar-refractivity contribution in [3.63, 3.8) is 0 Å². The van der Waals surface area contributed by atoms with Crippen molar-refractivity contribution in [3.05, 3.63) is 12.4 Å². The molecule has 0 radical (unpaired) electrons. The van der Waals surface area contributed by atoms with Gasteiger partial charge < -0.3 is 10.6 Å². The quantitative estimate of drug-likeness (QED) is 0.856. The topological polar surface area (TPSA) is 64.2 Å². The first-order valence-corrected chi connectivity index (χ1v) is 6.28. The molecule has 5 heteroatoms. The molecule has 0 aliphatic heterocycles. The fraction of sp³-hybridized carbons (Fsp3) is 0.667. The van der Waals surface area contributed by atoms with Crippen LogP contribution in [0.4, 0.5) is 5.69 Å². The van der Waals surface area contributed by atoms with Crippen LogP contribution in [0.25, 0.3) is 0 Å². The van der Waals surface area contributed by atoms with Gasteiger partial charge in [-0.3, -0.25) is 9.48 Å². The molecule has 1 aromatic rings. The minimum atomic E-state index is 0.141. The number of likely N-dealkylation sites (N-methyl/N-ethyl adjacent to an activating group) is 1. The van der Waals surface area contributed by atoms with Crippen LogP contribution in [0.1, 0.15) is 32.6 Å². The Morgan fingerprint density at radius 1 is 1.59 bits per heavy atom. The van der Waals surface area contributed by atoms with Gasteiger partial charge in [-0.05, 0) is 19.8 Å². The second-order valence-corrected chi connectivity index (χ2v) is 4.59. The number of hydrogen-bond acceptors (Lipinski definition) is 3. The van der Waals surface area contributed by atoms with Gasteiger partial charge in [-0.1, -0.05) is 12.8 Å². The van der Waals surface area contributed by atoms with Crippen LogP contribution in [0.3, 0.4) is 0 Å². The van der Waals surface area contributed by atoms with Crippen molar-refractivity contribution in [3.8, 4) is 0 Å². The van der Waals surface area contributed by atoms with Gasteiger partial charge in [0.15, 0.2) is 0 Å². The molecule has 1 aliphatic carbocycles. The Kier molecular flexibility index (Phi) is 3.66. The summed E-state index contributed by atoms with van der Waals surface area (Å²) in [5.74, 6) is 0.141. The summed E-state index contributed by atoms with van der Waals surface area (Å²) >= 11 is 0. The molecule has 1 saturated carbocycles. The first kappa shape index (κ1) is 12.0. The van der Waals surface area contributed by atoms with Gasteiger partial charge in [0.1, 0.15) is 6.54 Å². The SMILES string of the molecule is CCN(C(=O)Cn1cc(N)cn1)C1CCCC1. The Morgan fingerprint density at radius 3 is 2.82 bits per heavy atom.